The summed E-state index contributed by atoms with van der Waals surface area (Å²) in [5.74, 6) is 0.138. The first-order valence-corrected chi connectivity index (χ1v) is 12.2. The third-order valence-corrected chi connectivity index (χ3v) is 8.08. The van der Waals surface area contributed by atoms with Crippen LogP contribution in [0.3, 0.4) is 0 Å². The molecule has 0 bridgehead atoms. The minimum absolute atomic E-state index is 0.0972. The third-order valence-electron chi connectivity index (χ3n) is 7.71. The zero-order valence-corrected chi connectivity index (χ0v) is 21.3. The summed E-state index contributed by atoms with van der Waals surface area (Å²) in [5.41, 5.74) is 8.35. The van der Waals surface area contributed by atoms with Gasteiger partial charge < -0.3 is 4.90 Å². The highest BCUT2D eigenvalue weighted by atomic mass is 35.5. The van der Waals surface area contributed by atoms with Gasteiger partial charge in [-0.2, -0.15) is 0 Å². The summed E-state index contributed by atoms with van der Waals surface area (Å²) in [6.07, 6.45) is 9.67. The molecule has 174 valence electrons. The van der Waals surface area contributed by atoms with Crippen LogP contribution in [0.4, 0.5) is 11.4 Å². The molecule has 2 aromatic carbocycles. The van der Waals surface area contributed by atoms with E-state index in [2.05, 4.69) is 76.1 Å². The second kappa shape index (κ2) is 8.02. The van der Waals surface area contributed by atoms with Crippen LogP contribution in [-0.2, 0) is 15.6 Å². The van der Waals surface area contributed by atoms with Gasteiger partial charge in [-0.15, -0.1) is 0 Å². The summed E-state index contributed by atoms with van der Waals surface area (Å²) in [5, 5.41) is 0. The smallest absolute Gasteiger partial charge is 0.185 e. The topological polar surface area (TPSA) is 23.6 Å². The fourth-order valence-electron chi connectivity index (χ4n) is 5.64. The molecule has 2 heterocycles. The highest BCUT2D eigenvalue weighted by Crippen LogP contribution is 2.49. The molecule has 0 saturated heterocycles. The van der Waals surface area contributed by atoms with Crippen molar-refractivity contribution in [2.75, 3.05) is 16.4 Å². The van der Waals surface area contributed by atoms with E-state index >= 15 is 0 Å². The molecule has 34 heavy (non-hydrogen) atoms. The number of halogens is 1. The normalized spacial score (nSPS) is 25.2. The van der Waals surface area contributed by atoms with Crippen LogP contribution >= 0.6 is 11.8 Å². The van der Waals surface area contributed by atoms with Crippen LogP contribution in [0.25, 0.3) is 0 Å². The largest absolute Gasteiger partial charge is 0.347 e. The van der Waals surface area contributed by atoms with Crippen molar-refractivity contribution in [1.29, 1.82) is 0 Å². The van der Waals surface area contributed by atoms with Crippen molar-refractivity contribution in [3.05, 3.63) is 107 Å². The van der Waals surface area contributed by atoms with Crippen molar-refractivity contribution >= 4 is 28.9 Å². The van der Waals surface area contributed by atoms with Gasteiger partial charge in [0.15, 0.2) is 5.78 Å². The predicted molar refractivity (Wildman–Crippen MR) is 142 cm³/mol. The Labute approximate surface area is 207 Å². The lowest BCUT2D eigenvalue weighted by atomic mass is 9.83. The number of nitrogens with zero attached hydrogens (tertiary/aromatic N) is 2. The summed E-state index contributed by atoms with van der Waals surface area (Å²) < 4.78 is 1.72. The number of likely N-dealkylation sites (N-methyl/N-ethyl adjacent to an activating group) is 1. The van der Waals surface area contributed by atoms with E-state index in [4.69, 9.17) is 11.8 Å². The van der Waals surface area contributed by atoms with E-state index in [1.807, 2.05) is 36.4 Å². The lowest BCUT2D eigenvalue weighted by Crippen LogP contribution is -2.22. The maximum Gasteiger partial charge on any atom is 0.185 e. The number of hydrogen-bond acceptors (Lipinski definition) is 3. The van der Waals surface area contributed by atoms with Crippen LogP contribution < -0.4 is 9.32 Å². The predicted octanol–water partition coefficient (Wildman–Crippen LogP) is 7.35. The Morgan fingerprint density at radius 2 is 1.21 bits per heavy atom. The fraction of sp³-hybridized carbons (Fsp3) is 0.300. The lowest BCUT2D eigenvalue weighted by molar-refractivity contribution is -0.111. The first-order valence-electron chi connectivity index (χ1n) is 11.9. The number of benzene rings is 2. The second-order valence-electron chi connectivity index (χ2n) is 10.4. The molecule has 2 aliphatic heterocycles. The molecule has 1 saturated carbocycles. The SMILES string of the molecule is CN1/C(=C\C=C2\CC/C(=C/C=C3\N(Cl)c4ccccc4C3(C)C)C2=O)C(C)(C)c2ccccc21. The zero-order valence-electron chi connectivity index (χ0n) is 20.5. The quantitative estimate of drug-likeness (QED) is 0.338. The molecule has 0 spiro atoms. The van der Waals surface area contributed by atoms with Crippen molar-refractivity contribution in [3.8, 4) is 0 Å². The Kier molecular flexibility index (Phi) is 5.37. The minimum Gasteiger partial charge on any atom is -0.347 e. The number of allylic oxidation sites excluding steroid dienone is 8. The van der Waals surface area contributed by atoms with Gasteiger partial charge in [0.1, 0.15) is 0 Å². The van der Waals surface area contributed by atoms with Gasteiger partial charge in [-0.05, 0) is 48.3 Å². The van der Waals surface area contributed by atoms with Crippen LogP contribution in [0.5, 0.6) is 0 Å². The van der Waals surface area contributed by atoms with Crippen molar-refractivity contribution in [2.45, 2.75) is 51.4 Å². The standard InChI is InChI=1S/C30H31ClN2O/c1-29(2)22-10-6-8-12-24(22)32(5)26(29)18-16-20-14-15-21(28(20)34)17-19-27-30(3,4)23-11-7-9-13-25(23)33(27)31/h6-13,16-19H,14-15H2,1-5H3/b20-16-,21-17-,26-18-,27-19-. The molecule has 3 nitrogen and oxygen atoms in total. The lowest BCUT2D eigenvalue weighted by Gasteiger charge is -2.23. The molecule has 0 aromatic heterocycles. The molecule has 1 fully saturated rings. The number of Topliss-reactive ketones (excluding diaryl/α,β-unsaturated/α-hetero) is 1. The first kappa shape index (κ1) is 22.7. The molecule has 2 aromatic rings. The van der Waals surface area contributed by atoms with Crippen LogP contribution in [0.15, 0.2) is 95.4 Å². The van der Waals surface area contributed by atoms with Crippen LogP contribution in [0, 0.1) is 0 Å². The van der Waals surface area contributed by atoms with E-state index in [1.165, 1.54) is 22.5 Å². The molecule has 0 unspecified atom stereocenters. The van der Waals surface area contributed by atoms with Gasteiger partial charge in [-0.1, -0.05) is 76.2 Å². The highest BCUT2D eigenvalue weighted by molar-refractivity contribution is 6.28. The molecule has 4 heteroatoms. The van der Waals surface area contributed by atoms with Gasteiger partial charge in [0.05, 0.1) is 5.69 Å². The average molecular weight is 471 g/mol. The van der Waals surface area contributed by atoms with Crippen molar-refractivity contribution in [3.63, 3.8) is 0 Å². The molecular weight excluding hydrogens is 440 g/mol. The summed E-state index contributed by atoms with van der Waals surface area (Å²) in [6.45, 7) is 8.83. The summed E-state index contributed by atoms with van der Waals surface area (Å²) in [4.78, 5) is 15.4. The van der Waals surface area contributed by atoms with Gasteiger partial charge in [0.2, 0.25) is 0 Å². The van der Waals surface area contributed by atoms with E-state index in [9.17, 15) is 4.79 Å². The number of rotatable bonds is 2. The molecule has 1 aliphatic carbocycles. The maximum atomic E-state index is 13.2. The molecule has 0 N–H and O–H groups in total. The average Bonchev–Trinajstić information content (AvgIpc) is 3.33. The Hall–Kier alpha value is -3.04. The molecule has 5 rings (SSSR count). The number of ketones is 1. The van der Waals surface area contributed by atoms with Crippen molar-refractivity contribution in [2.24, 2.45) is 0 Å². The van der Waals surface area contributed by atoms with E-state index in [0.717, 1.165) is 35.4 Å². The number of anilines is 2. The molecular formula is C30H31ClN2O. The first-order chi connectivity index (χ1) is 16.1. The van der Waals surface area contributed by atoms with E-state index < -0.39 is 0 Å². The van der Waals surface area contributed by atoms with E-state index in [0.29, 0.717) is 0 Å². The van der Waals surface area contributed by atoms with Crippen molar-refractivity contribution < 1.29 is 4.79 Å². The van der Waals surface area contributed by atoms with Gasteiger partial charge in [-0.25, -0.2) is 0 Å². The monoisotopic (exact) mass is 470 g/mol. The number of fused-ring (bicyclic) bond motifs is 2. The number of para-hydroxylation sites is 2. The fourth-order valence-corrected chi connectivity index (χ4v) is 6.06. The van der Waals surface area contributed by atoms with Gasteiger partial charge in [-0.3, -0.25) is 9.21 Å². The molecule has 0 amide bonds. The van der Waals surface area contributed by atoms with E-state index in [-0.39, 0.29) is 16.6 Å². The zero-order chi connectivity index (χ0) is 24.3. The summed E-state index contributed by atoms with van der Waals surface area (Å²) in [6, 6.07) is 16.7. The Morgan fingerprint density at radius 3 is 1.76 bits per heavy atom. The van der Waals surface area contributed by atoms with Crippen LogP contribution in [0.1, 0.15) is 51.7 Å². The summed E-state index contributed by atoms with van der Waals surface area (Å²) >= 11 is 6.67. The number of carbonyl (C=O) groups excluding carboxylic acids is 1. The maximum absolute atomic E-state index is 13.2. The molecule has 0 radical (unpaired) electrons. The summed E-state index contributed by atoms with van der Waals surface area (Å²) in [7, 11) is 2.10. The van der Waals surface area contributed by atoms with Gasteiger partial charge in [0, 0.05) is 57.9 Å². The van der Waals surface area contributed by atoms with Crippen molar-refractivity contribution in [1.82, 2.24) is 0 Å². The van der Waals surface area contributed by atoms with Gasteiger partial charge >= 0.3 is 0 Å². The van der Waals surface area contributed by atoms with Crippen LogP contribution in [-0.4, -0.2) is 12.8 Å². The van der Waals surface area contributed by atoms with E-state index in [1.54, 1.807) is 4.42 Å². The highest BCUT2D eigenvalue weighted by Gasteiger charge is 2.40. The Bertz CT molecular complexity index is 1210. The molecule has 3 aliphatic rings. The minimum atomic E-state index is -0.214. The Balaban J connectivity index is 1.41. The number of carbonyl (C=O) groups is 1. The Morgan fingerprint density at radius 1 is 0.735 bits per heavy atom. The number of hydrogen-bond donors (Lipinski definition) is 0. The van der Waals surface area contributed by atoms with Crippen LogP contribution in [0.2, 0.25) is 0 Å². The third kappa shape index (κ3) is 3.37. The molecule has 0 atom stereocenters. The second-order valence-corrected chi connectivity index (χ2v) is 10.8. The van der Waals surface area contributed by atoms with Gasteiger partial charge in [0.25, 0.3) is 0 Å².